The molecule has 7 nitrogen and oxygen atoms in total. The molecule has 2 N–H and O–H groups in total. The van der Waals surface area contributed by atoms with E-state index in [9.17, 15) is 0 Å². The Hall–Kier alpha value is -1.94. The minimum Gasteiger partial charge on any atom is -0.357 e. The second-order valence-corrected chi connectivity index (χ2v) is 6.99. The summed E-state index contributed by atoms with van der Waals surface area (Å²) < 4.78 is 0. The van der Waals surface area contributed by atoms with Crippen LogP contribution in [0.4, 0.5) is 5.95 Å². The van der Waals surface area contributed by atoms with Gasteiger partial charge in [-0.2, -0.15) is 0 Å². The molecular weight excluding hydrogens is 477 g/mol. The Bertz CT molecular complexity index is 728. The van der Waals surface area contributed by atoms with Crippen LogP contribution in [-0.4, -0.2) is 66.6 Å². The van der Waals surface area contributed by atoms with Gasteiger partial charge in [0.2, 0.25) is 5.95 Å². The molecule has 2 heterocycles. The van der Waals surface area contributed by atoms with Crippen molar-refractivity contribution in [3.8, 4) is 0 Å². The molecule has 0 radical (unpaired) electrons. The molecular formula is C21H32IN7. The summed E-state index contributed by atoms with van der Waals surface area (Å²) in [5.74, 6) is 1.71. The second-order valence-electron chi connectivity index (χ2n) is 6.99. The van der Waals surface area contributed by atoms with Crippen molar-refractivity contribution in [3.05, 3.63) is 53.9 Å². The molecule has 1 aliphatic heterocycles. The van der Waals surface area contributed by atoms with Crippen LogP contribution in [-0.2, 0) is 6.54 Å². The van der Waals surface area contributed by atoms with Crippen molar-refractivity contribution in [2.75, 3.05) is 50.7 Å². The number of rotatable bonds is 7. The van der Waals surface area contributed by atoms with Crippen molar-refractivity contribution in [1.82, 2.24) is 25.5 Å². The molecule has 3 rings (SSSR count). The molecule has 0 atom stereocenters. The number of guanidine groups is 1. The minimum atomic E-state index is 0. The maximum atomic E-state index is 4.70. The van der Waals surface area contributed by atoms with E-state index >= 15 is 0 Å². The van der Waals surface area contributed by atoms with E-state index in [-0.39, 0.29) is 24.0 Å². The highest BCUT2D eigenvalue weighted by molar-refractivity contribution is 14.0. The van der Waals surface area contributed by atoms with E-state index in [0.29, 0.717) is 6.54 Å². The van der Waals surface area contributed by atoms with Crippen LogP contribution in [0.3, 0.4) is 0 Å². The molecule has 29 heavy (non-hydrogen) atoms. The molecule has 0 aliphatic carbocycles. The van der Waals surface area contributed by atoms with E-state index in [1.165, 1.54) is 11.1 Å². The van der Waals surface area contributed by atoms with Gasteiger partial charge < -0.3 is 15.5 Å². The number of nitrogens with one attached hydrogen (secondary N) is 2. The predicted octanol–water partition coefficient (Wildman–Crippen LogP) is 2.28. The van der Waals surface area contributed by atoms with E-state index in [1.807, 2.05) is 6.07 Å². The highest BCUT2D eigenvalue weighted by atomic mass is 127. The van der Waals surface area contributed by atoms with Gasteiger partial charge >= 0.3 is 0 Å². The first-order valence-electron chi connectivity index (χ1n) is 10.1. The lowest BCUT2D eigenvalue weighted by atomic mass is 10.1. The average Bonchev–Trinajstić information content (AvgIpc) is 2.74. The Morgan fingerprint density at radius 1 is 1.03 bits per heavy atom. The van der Waals surface area contributed by atoms with Crippen LogP contribution in [0.2, 0.25) is 0 Å². The maximum Gasteiger partial charge on any atom is 0.225 e. The summed E-state index contributed by atoms with van der Waals surface area (Å²) in [4.78, 5) is 18.1. The summed E-state index contributed by atoms with van der Waals surface area (Å²) in [6.45, 7) is 11.6. The number of hydrogen-bond acceptors (Lipinski definition) is 5. The minimum absolute atomic E-state index is 0. The van der Waals surface area contributed by atoms with Gasteiger partial charge in [0.15, 0.2) is 5.96 Å². The number of aliphatic imine (C=N–C) groups is 1. The third kappa shape index (κ3) is 7.77. The molecule has 1 aliphatic rings. The molecule has 8 heteroatoms. The van der Waals surface area contributed by atoms with Crippen LogP contribution in [0.25, 0.3) is 0 Å². The summed E-state index contributed by atoms with van der Waals surface area (Å²) in [5, 5.41) is 6.78. The first-order chi connectivity index (χ1) is 13.7. The number of nitrogens with zero attached hydrogens (tertiary/aromatic N) is 5. The summed E-state index contributed by atoms with van der Waals surface area (Å²) in [7, 11) is 0. The number of benzene rings is 1. The SMILES string of the molecule is CCNC(=NCc1ccc(C)cc1)NCCN1CCN(c2ncccn2)CC1.I. The zero-order valence-corrected chi connectivity index (χ0v) is 19.7. The van der Waals surface area contributed by atoms with Gasteiger partial charge in [0, 0.05) is 58.2 Å². The standard InChI is InChI=1S/C21H31N7.HI/c1-3-22-20(26-17-19-7-5-18(2)6-8-19)23-11-12-27-13-15-28(16-14-27)21-24-9-4-10-25-21;/h4-10H,3,11-17H2,1-2H3,(H2,22,23,26);1H. The Morgan fingerprint density at radius 2 is 1.72 bits per heavy atom. The molecule has 0 bridgehead atoms. The Kier molecular flexibility index (Phi) is 10.1. The Balaban J connectivity index is 0.00000300. The fourth-order valence-corrected chi connectivity index (χ4v) is 3.16. The van der Waals surface area contributed by atoms with E-state index in [1.54, 1.807) is 12.4 Å². The highest BCUT2D eigenvalue weighted by Crippen LogP contribution is 2.09. The summed E-state index contributed by atoms with van der Waals surface area (Å²) in [6, 6.07) is 10.4. The molecule has 158 valence electrons. The monoisotopic (exact) mass is 509 g/mol. The molecule has 1 saturated heterocycles. The molecule has 1 aromatic heterocycles. The third-order valence-electron chi connectivity index (χ3n) is 4.81. The van der Waals surface area contributed by atoms with Crippen molar-refractivity contribution in [3.63, 3.8) is 0 Å². The Labute approximate surface area is 191 Å². The number of halogens is 1. The van der Waals surface area contributed by atoms with Crippen LogP contribution >= 0.6 is 24.0 Å². The van der Waals surface area contributed by atoms with Gasteiger partial charge in [0.25, 0.3) is 0 Å². The van der Waals surface area contributed by atoms with Crippen molar-refractivity contribution in [2.24, 2.45) is 4.99 Å². The Morgan fingerprint density at radius 3 is 2.38 bits per heavy atom. The first-order valence-corrected chi connectivity index (χ1v) is 10.1. The van der Waals surface area contributed by atoms with Gasteiger partial charge in [0.1, 0.15) is 0 Å². The van der Waals surface area contributed by atoms with Crippen LogP contribution in [0.1, 0.15) is 18.1 Å². The van der Waals surface area contributed by atoms with Crippen molar-refractivity contribution in [2.45, 2.75) is 20.4 Å². The fraction of sp³-hybridized carbons (Fsp3) is 0.476. The molecule has 0 unspecified atom stereocenters. The third-order valence-corrected chi connectivity index (χ3v) is 4.81. The number of hydrogen-bond donors (Lipinski definition) is 2. The van der Waals surface area contributed by atoms with E-state index < -0.39 is 0 Å². The highest BCUT2D eigenvalue weighted by Gasteiger charge is 2.18. The van der Waals surface area contributed by atoms with Crippen molar-refractivity contribution < 1.29 is 0 Å². The predicted molar refractivity (Wildman–Crippen MR) is 130 cm³/mol. The van der Waals surface area contributed by atoms with E-state index in [0.717, 1.165) is 57.7 Å². The van der Waals surface area contributed by atoms with Crippen molar-refractivity contribution in [1.29, 1.82) is 0 Å². The zero-order chi connectivity index (χ0) is 19.6. The normalized spacial score (nSPS) is 15.0. The van der Waals surface area contributed by atoms with E-state index in [4.69, 9.17) is 4.99 Å². The molecule has 0 amide bonds. The van der Waals surface area contributed by atoms with Gasteiger partial charge in [0.05, 0.1) is 6.54 Å². The first kappa shape index (κ1) is 23.3. The molecule has 2 aromatic rings. The topological polar surface area (TPSA) is 68.7 Å². The average molecular weight is 509 g/mol. The van der Waals surface area contributed by atoms with Crippen LogP contribution < -0.4 is 15.5 Å². The van der Waals surface area contributed by atoms with Gasteiger partial charge in [-0.1, -0.05) is 29.8 Å². The lowest BCUT2D eigenvalue weighted by molar-refractivity contribution is 0.260. The molecule has 0 spiro atoms. The summed E-state index contributed by atoms with van der Waals surface area (Å²) >= 11 is 0. The molecule has 1 fully saturated rings. The number of piperazine rings is 1. The van der Waals surface area contributed by atoms with Crippen LogP contribution in [0.5, 0.6) is 0 Å². The number of anilines is 1. The van der Waals surface area contributed by atoms with Gasteiger partial charge in [-0.25, -0.2) is 15.0 Å². The zero-order valence-electron chi connectivity index (χ0n) is 17.3. The molecule has 1 aromatic carbocycles. The summed E-state index contributed by atoms with van der Waals surface area (Å²) in [6.07, 6.45) is 3.60. The fourth-order valence-electron chi connectivity index (χ4n) is 3.16. The summed E-state index contributed by atoms with van der Waals surface area (Å²) in [5.41, 5.74) is 2.50. The smallest absolute Gasteiger partial charge is 0.225 e. The van der Waals surface area contributed by atoms with Crippen molar-refractivity contribution >= 4 is 35.9 Å². The number of aryl methyl sites for hydroxylation is 1. The van der Waals surface area contributed by atoms with Crippen LogP contribution in [0.15, 0.2) is 47.7 Å². The number of aromatic nitrogens is 2. The maximum absolute atomic E-state index is 4.70. The van der Waals surface area contributed by atoms with Crippen LogP contribution in [0, 0.1) is 6.92 Å². The lowest BCUT2D eigenvalue weighted by Crippen LogP contribution is -2.49. The van der Waals surface area contributed by atoms with Gasteiger partial charge in [-0.05, 0) is 25.5 Å². The lowest BCUT2D eigenvalue weighted by Gasteiger charge is -2.34. The molecule has 0 saturated carbocycles. The quantitative estimate of drug-likeness (QED) is 0.339. The van der Waals surface area contributed by atoms with Gasteiger partial charge in [-0.15, -0.1) is 24.0 Å². The second kappa shape index (κ2) is 12.6. The van der Waals surface area contributed by atoms with Gasteiger partial charge in [-0.3, -0.25) is 4.90 Å². The van der Waals surface area contributed by atoms with E-state index in [2.05, 4.69) is 68.5 Å². The largest absolute Gasteiger partial charge is 0.357 e.